The van der Waals surface area contributed by atoms with Gasteiger partial charge in [0.05, 0.1) is 10.9 Å². The van der Waals surface area contributed by atoms with Crippen molar-refractivity contribution in [2.24, 2.45) is 7.05 Å². The lowest BCUT2D eigenvalue weighted by Crippen LogP contribution is -2.31. The van der Waals surface area contributed by atoms with E-state index in [4.69, 9.17) is 11.6 Å². The summed E-state index contributed by atoms with van der Waals surface area (Å²) in [5, 5.41) is 4.26. The molecule has 1 amide bonds. The van der Waals surface area contributed by atoms with Gasteiger partial charge < -0.3 is 14.9 Å². The molecule has 8 heteroatoms. The summed E-state index contributed by atoms with van der Waals surface area (Å²) in [6.07, 6.45) is 4.89. The molecule has 0 saturated heterocycles. The SMILES string of the molecule is Cn1ccnc1[C@@H](NC(=O)CCCc1nc2ccccc2c(=O)[nH]1)c1ccc(Cl)cc1. The fourth-order valence-corrected chi connectivity index (χ4v) is 3.64. The highest BCUT2D eigenvalue weighted by Gasteiger charge is 2.20. The van der Waals surface area contributed by atoms with E-state index in [0.717, 1.165) is 11.4 Å². The van der Waals surface area contributed by atoms with Gasteiger partial charge in [0.25, 0.3) is 5.56 Å². The van der Waals surface area contributed by atoms with E-state index in [1.165, 1.54) is 0 Å². The summed E-state index contributed by atoms with van der Waals surface area (Å²) >= 11 is 6.01. The van der Waals surface area contributed by atoms with E-state index in [9.17, 15) is 9.59 Å². The van der Waals surface area contributed by atoms with Gasteiger partial charge in [-0.05, 0) is 36.2 Å². The number of halogens is 1. The van der Waals surface area contributed by atoms with Gasteiger partial charge >= 0.3 is 0 Å². The fourth-order valence-electron chi connectivity index (χ4n) is 3.51. The van der Waals surface area contributed by atoms with Crippen LogP contribution in [0.15, 0.2) is 65.7 Å². The molecule has 0 unspecified atom stereocenters. The van der Waals surface area contributed by atoms with Gasteiger partial charge in [0.1, 0.15) is 17.7 Å². The van der Waals surface area contributed by atoms with Crippen LogP contribution in [0.5, 0.6) is 0 Å². The lowest BCUT2D eigenvalue weighted by molar-refractivity contribution is -0.121. The highest BCUT2D eigenvalue weighted by Crippen LogP contribution is 2.22. The first kappa shape index (κ1) is 20.8. The number of hydrogen-bond donors (Lipinski definition) is 2. The minimum atomic E-state index is -0.386. The Labute approximate surface area is 184 Å². The first-order valence-electron chi connectivity index (χ1n) is 10.0. The summed E-state index contributed by atoms with van der Waals surface area (Å²) in [5.74, 6) is 1.21. The summed E-state index contributed by atoms with van der Waals surface area (Å²) in [4.78, 5) is 36.6. The Morgan fingerprint density at radius 1 is 1.19 bits per heavy atom. The molecule has 0 saturated carbocycles. The third-order valence-electron chi connectivity index (χ3n) is 5.10. The van der Waals surface area contributed by atoms with Crippen LogP contribution in [-0.2, 0) is 18.3 Å². The quantitative estimate of drug-likeness (QED) is 0.464. The van der Waals surface area contributed by atoms with Gasteiger partial charge in [0.15, 0.2) is 0 Å². The van der Waals surface area contributed by atoms with Crippen molar-refractivity contribution in [3.63, 3.8) is 0 Å². The molecule has 2 aromatic heterocycles. The molecular weight excluding hydrogens is 414 g/mol. The van der Waals surface area contributed by atoms with Crippen LogP contribution in [0.25, 0.3) is 10.9 Å². The number of hydrogen-bond acceptors (Lipinski definition) is 4. The highest BCUT2D eigenvalue weighted by atomic mass is 35.5. The number of nitrogens with one attached hydrogen (secondary N) is 2. The van der Waals surface area contributed by atoms with E-state index in [0.29, 0.717) is 41.0 Å². The molecule has 0 aliphatic carbocycles. The molecule has 2 heterocycles. The van der Waals surface area contributed by atoms with Gasteiger partial charge in [-0.2, -0.15) is 0 Å². The van der Waals surface area contributed by atoms with E-state index in [-0.39, 0.29) is 17.5 Å². The minimum Gasteiger partial charge on any atom is -0.342 e. The van der Waals surface area contributed by atoms with E-state index in [1.54, 1.807) is 24.4 Å². The summed E-state index contributed by atoms with van der Waals surface area (Å²) < 4.78 is 1.88. The zero-order valence-electron chi connectivity index (χ0n) is 17.0. The molecule has 0 fully saturated rings. The molecule has 4 aromatic rings. The number of benzene rings is 2. The topological polar surface area (TPSA) is 92.7 Å². The number of imidazole rings is 1. The number of nitrogens with zero attached hydrogens (tertiary/aromatic N) is 3. The Balaban J connectivity index is 1.43. The van der Waals surface area contributed by atoms with E-state index in [2.05, 4.69) is 20.3 Å². The van der Waals surface area contributed by atoms with E-state index in [1.807, 2.05) is 48.1 Å². The van der Waals surface area contributed by atoms with Crippen LogP contribution in [-0.4, -0.2) is 25.4 Å². The number of para-hydroxylation sites is 1. The first-order chi connectivity index (χ1) is 15.0. The van der Waals surface area contributed by atoms with Gasteiger partial charge in [-0.15, -0.1) is 0 Å². The number of fused-ring (bicyclic) bond motifs is 1. The molecule has 7 nitrogen and oxygen atoms in total. The number of carbonyl (C=O) groups is 1. The van der Waals surface area contributed by atoms with Gasteiger partial charge in [-0.25, -0.2) is 9.97 Å². The molecule has 0 aliphatic heterocycles. The van der Waals surface area contributed by atoms with Gasteiger partial charge in [0.2, 0.25) is 5.91 Å². The summed E-state index contributed by atoms with van der Waals surface area (Å²) in [6.45, 7) is 0. The van der Waals surface area contributed by atoms with Crippen LogP contribution >= 0.6 is 11.6 Å². The average Bonchev–Trinajstić information content (AvgIpc) is 3.18. The minimum absolute atomic E-state index is 0.105. The van der Waals surface area contributed by atoms with Crippen LogP contribution < -0.4 is 10.9 Å². The molecule has 0 radical (unpaired) electrons. The maximum Gasteiger partial charge on any atom is 0.258 e. The Morgan fingerprint density at radius 3 is 2.71 bits per heavy atom. The van der Waals surface area contributed by atoms with Crippen molar-refractivity contribution in [1.82, 2.24) is 24.8 Å². The predicted octanol–water partition coefficient (Wildman–Crippen LogP) is 3.54. The lowest BCUT2D eigenvalue weighted by Gasteiger charge is -2.19. The van der Waals surface area contributed by atoms with E-state index >= 15 is 0 Å². The Bertz CT molecular complexity index is 1260. The number of carbonyl (C=O) groups excluding carboxylic acids is 1. The molecule has 0 bridgehead atoms. The lowest BCUT2D eigenvalue weighted by atomic mass is 10.1. The number of amides is 1. The van der Waals surface area contributed by atoms with Crippen LogP contribution in [0.4, 0.5) is 0 Å². The van der Waals surface area contributed by atoms with Crippen molar-refractivity contribution in [2.75, 3.05) is 0 Å². The molecule has 0 spiro atoms. The van der Waals surface area contributed by atoms with Crippen LogP contribution in [0, 0.1) is 0 Å². The molecule has 2 N–H and O–H groups in total. The number of aryl methyl sites for hydroxylation is 2. The molecule has 2 aromatic carbocycles. The van der Waals surface area contributed by atoms with Crippen molar-refractivity contribution in [3.8, 4) is 0 Å². The van der Waals surface area contributed by atoms with Crippen molar-refractivity contribution >= 4 is 28.4 Å². The smallest absolute Gasteiger partial charge is 0.258 e. The first-order valence-corrected chi connectivity index (χ1v) is 10.4. The van der Waals surface area contributed by atoms with Crippen LogP contribution in [0.3, 0.4) is 0 Å². The van der Waals surface area contributed by atoms with Crippen molar-refractivity contribution < 1.29 is 4.79 Å². The third-order valence-corrected chi connectivity index (χ3v) is 5.36. The largest absolute Gasteiger partial charge is 0.342 e. The van der Waals surface area contributed by atoms with Gasteiger partial charge in [0, 0.05) is 37.3 Å². The molecular formula is C23H22ClN5O2. The second-order valence-corrected chi connectivity index (χ2v) is 7.77. The normalized spacial score (nSPS) is 12.1. The second kappa shape index (κ2) is 9.14. The maximum atomic E-state index is 12.7. The Kier molecular flexibility index (Phi) is 6.13. The highest BCUT2D eigenvalue weighted by molar-refractivity contribution is 6.30. The standard InChI is InChI=1S/C23H22ClN5O2/c1-29-14-13-25-22(29)21(15-9-11-16(24)12-10-15)28-20(30)8-4-7-19-26-18-6-3-2-5-17(18)23(31)27-19/h2-3,5-6,9-14,21H,4,7-8H2,1H3,(H,28,30)(H,26,27,31)/t21-/m0/s1. The monoisotopic (exact) mass is 435 g/mol. The van der Waals surface area contributed by atoms with E-state index < -0.39 is 0 Å². The van der Waals surface area contributed by atoms with Crippen molar-refractivity contribution in [3.05, 3.63) is 93.5 Å². The summed E-state index contributed by atoms with van der Waals surface area (Å²) in [6, 6.07) is 14.2. The molecule has 1 atom stereocenters. The van der Waals surface area contributed by atoms with Crippen LogP contribution in [0.1, 0.15) is 36.1 Å². The fraction of sp³-hybridized carbons (Fsp3) is 0.217. The summed E-state index contributed by atoms with van der Waals surface area (Å²) in [7, 11) is 1.89. The average molecular weight is 436 g/mol. The van der Waals surface area contributed by atoms with Gasteiger partial charge in [-0.3, -0.25) is 9.59 Å². The number of rotatable bonds is 7. The maximum absolute atomic E-state index is 12.7. The number of aromatic amines is 1. The Morgan fingerprint density at radius 2 is 1.97 bits per heavy atom. The molecule has 4 rings (SSSR count). The number of aromatic nitrogens is 4. The second-order valence-electron chi connectivity index (χ2n) is 7.33. The van der Waals surface area contributed by atoms with Crippen molar-refractivity contribution in [2.45, 2.75) is 25.3 Å². The van der Waals surface area contributed by atoms with Crippen LogP contribution in [0.2, 0.25) is 5.02 Å². The van der Waals surface area contributed by atoms with Gasteiger partial charge in [-0.1, -0.05) is 35.9 Å². The molecule has 0 aliphatic rings. The molecule has 31 heavy (non-hydrogen) atoms. The zero-order valence-corrected chi connectivity index (χ0v) is 17.8. The zero-order chi connectivity index (χ0) is 21.8. The third kappa shape index (κ3) is 4.83. The van der Waals surface area contributed by atoms with Crippen molar-refractivity contribution in [1.29, 1.82) is 0 Å². The Hall–Kier alpha value is -3.45. The number of H-pyrrole nitrogens is 1. The predicted molar refractivity (Wildman–Crippen MR) is 120 cm³/mol. The molecule has 158 valence electrons. The summed E-state index contributed by atoms with van der Waals surface area (Å²) in [5.41, 5.74) is 1.39.